The molecule has 1 aromatic heterocycles. The Labute approximate surface area is 116 Å². The number of nitrogens with zero attached hydrogens (tertiary/aromatic N) is 3. The van der Waals surface area contributed by atoms with E-state index in [2.05, 4.69) is 9.97 Å². The highest BCUT2D eigenvalue weighted by molar-refractivity contribution is 6.06. The van der Waals surface area contributed by atoms with E-state index in [1.54, 1.807) is 26.0 Å². The lowest BCUT2D eigenvalue weighted by Crippen LogP contribution is -2.24. The van der Waals surface area contributed by atoms with Crippen LogP contribution in [0.15, 0.2) is 12.1 Å². The lowest BCUT2D eigenvalue weighted by Gasteiger charge is -2.11. The largest absolute Gasteiger partial charge is 0.480 e. The van der Waals surface area contributed by atoms with Gasteiger partial charge in [-0.1, -0.05) is 0 Å². The van der Waals surface area contributed by atoms with E-state index in [-0.39, 0.29) is 5.91 Å². The van der Waals surface area contributed by atoms with Gasteiger partial charge in [-0.2, -0.15) is 4.98 Å². The van der Waals surface area contributed by atoms with Crippen LogP contribution in [0.25, 0.3) is 10.9 Å². The first kappa shape index (κ1) is 12.8. The van der Waals surface area contributed by atoms with Gasteiger partial charge in [0.15, 0.2) is 6.10 Å². The number of hydrogen-bond donors (Lipinski definition) is 0. The fourth-order valence-corrected chi connectivity index (χ4v) is 2.57. The molecule has 0 fully saturated rings. The summed E-state index contributed by atoms with van der Waals surface area (Å²) in [7, 11) is 4.83. The van der Waals surface area contributed by atoms with E-state index in [0.717, 1.165) is 22.2 Å². The standard InChI is InChI=1S/C14H15N3O3/c1-7-15-10-5-9-11(6-8(10)13(16-7)20-4)17(2)14(18)12(9)19-3/h5-6,12H,1-4H3. The third-order valence-corrected chi connectivity index (χ3v) is 3.55. The van der Waals surface area contributed by atoms with Gasteiger partial charge in [0.1, 0.15) is 5.82 Å². The van der Waals surface area contributed by atoms with Crippen molar-refractivity contribution in [3.63, 3.8) is 0 Å². The van der Waals surface area contributed by atoms with Gasteiger partial charge in [0.2, 0.25) is 5.88 Å². The topological polar surface area (TPSA) is 64.6 Å². The van der Waals surface area contributed by atoms with Crippen molar-refractivity contribution < 1.29 is 14.3 Å². The summed E-state index contributed by atoms with van der Waals surface area (Å²) in [6, 6.07) is 3.75. The second kappa shape index (κ2) is 4.42. The molecule has 1 unspecified atom stereocenters. The first-order valence-electron chi connectivity index (χ1n) is 6.23. The summed E-state index contributed by atoms with van der Waals surface area (Å²) in [5, 5.41) is 0.785. The highest BCUT2D eigenvalue weighted by atomic mass is 16.5. The van der Waals surface area contributed by atoms with Crippen molar-refractivity contribution in [1.29, 1.82) is 0 Å². The molecule has 0 bridgehead atoms. The molecule has 20 heavy (non-hydrogen) atoms. The number of hydrogen-bond acceptors (Lipinski definition) is 5. The zero-order valence-corrected chi connectivity index (χ0v) is 11.8. The van der Waals surface area contributed by atoms with Gasteiger partial charge in [0.25, 0.3) is 5.91 Å². The number of aromatic nitrogens is 2. The number of methoxy groups -OCH3 is 2. The lowest BCUT2D eigenvalue weighted by atomic mass is 10.1. The number of carbonyl (C=O) groups is 1. The van der Waals surface area contributed by atoms with Crippen LogP contribution in [0.4, 0.5) is 5.69 Å². The third-order valence-electron chi connectivity index (χ3n) is 3.55. The minimum absolute atomic E-state index is 0.0820. The van der Waals surface area contributed by atoms with Crippen LogP contribution in [0.2, 0.25) is 0 Å². The maximum atomic E-state index is 12.1. The molecule has 1 aromatic carbocycles. The number of ether oxygens (including phenoxy) is 2. The molecule has 0 spiro atoms. The highest BCUT2D eigenvalue weighted by Crippen LogP contribution is 2.40. The average Bonchev–Trinajstić information content (AvgIpc) is 2.67. The number of amides is 1. The van der Waals surface area contributed by atoms with Gasteiger partial charge in [0, 0.05) is 19.7 Å². The molecule has 0 aliphatic carbocycles. The van der Waals surface area contributed by atoms with Crippen LogP contribution in [-0.4, -0.2) is 37.1 Å². The summed E-state index contributed by atoms with van der Waals surface area (Å²) >= 11 is 0. The third kappa shape index (κ3) is 1.65. The maximum absolute atomic E-state index is 12.1. The number of rotatable bonds is 2. The minimum atomic E-state index is -0.569. The van der Waals surface area contributed by atoms with Gasteiger partial charge in [-0.15, -0.1) is 0 Å². The smallest absolute Gasteiger partial charge is 0.260 e. The Bertz CT molecular complexity index is 714. The van der Waals surface area contributed by atoms with Crippen molar-refractivity contribution >= 4 is 22.5 Å². The number of likely N-dealkylation sites (N-methyl/N-ethyl adjacent to an activating group) is 1. The molecule has 0 saturated heterocycles. The Balaban J connectivity index is 2.32. The number of carbonyl (C=O) groups excluding carboxylic acids is 1. The number of fused-ring (bicyclic) bond motifs is 2. The molecule has 0 saturated carbocycles. The molecule has 1 amide bonds. The molecule has 1 aliphatic rings. The van der Waals surface area contributed by atoms with Gasteiger partial charge >= 0.3 is 0 Å². The molecule has 6 nitrogen and oxygen atoms in total. The van der Waals surface area contributed by atoms with Crippen LogP contribution in [0.1, 0.15) is 17.5 Å². The Hall–Kier alpha value is -2.21. The minimum Gasteiger partial charge on any atom is -0.480 e. The van der Waals surface area contributed by atoms with Crippen molar-refractivity contribution in [3.05, 3.63) is 23.5 Å². The van der Waals surface area contributed by atoms with E-state index >= 15 is 0 Å². The molecule has 1 aliphatic heterocycles. The van der Waals surface area contributed by atoms with Crippen molar-refractivity contribution in [2.75, 3.05) is 26.2 Å². The van der Waals surface area contributed by atoms with Crippen LogP contribution >= 0.6 is 0 Å². The second-order valence-corrected chi connectivity index (χ2v) is 4.72. The van der Waals surface area contributed by atoms with Gasteiger partial charge in [-0.3, -0.25) is 4.79 Å². The SMILES string of the molecule is COc1nc(C)nc2cc3c(cc12)N(C)C(=O)C3OC. The van der Waals surface area contributed by atoms with Gasteiger partial charge in [-0.05, 0) is 19.1 Å². The predicted octanol–water partition coefficient (Wildman–Crippen LogP) is 1.61. The number of aryl methyl sites for hydroxylation is 1. The summed E-state index contributed by atoms with van der Waals surface area (Å²) < 4.78 is 10.6. The van der Waals surface area contributed by atoms with E-state index in [9.17, 15) is 4.79 Å². The fraction of sp³-hybridized carbons (Fsp3) is 0.357. The maximum Gasteiger partial charge on any atom is 0.260 e. The van der Waals surface area contributed by atoms with E-state index < -0.39 is 6.10 Å². The molecule has 2 heterocycles. The van der Waals surface area contributed by atoms with Crippen molar-refractivity contribution in [3.8, 4) is 5.88 Å². The fourth-order valence-electron chi connectivity index (χ4n) is 2.57. The van der Waals surface area contributed by atoms with Crippen molar-refractivity contribution in [2.24, 2.45) is 0 Å². The quantitative estimate of drug-likeness (QED) is 0.831. The Kier molecular flexibility index (Phi) is 2.83. The molecule has 104 valence electrons. The second-order valence-electron chi connectivity index (χ2n) is 4.72. The molecule has 0 radical (unpaired) electrons. The zero-order chi connectivity index (χ0) is 14.4. The number of anilines is 1. The molecular formula is C14H15N3O3. The Morgan fingerprint density at radius 3 is 2.65 bits per heavy atom. The zero-order valence-electron chi connectivity index (χ0n) is 11.8. The molecule has 0 N–H and O–H groups in total. The van der Waals surface area contributed by atoms with E-state index in [1.807, 2.05) is 12.1 Å². The van der Waals surface area contributed by atoms with Crippen LogP contribution in [0.3, 0.4) is 0 Å². The van der Waals surface area contributed by atoms with Crippen LogP contribution < -0.4 is 9.64 Å². The molecule has 2 aromatic rings. The first-order valence-corrected chi connectivity index (χ1v) is 6.23. The monoisotopic (exact) mass is 273 g/mol. The van der Waals surface area contributed by atoms with Crippen molar-refractivity contribution in [1.82, 2.24) is 9.97 Å². The van der Waals surface area contributed by atoms with E-state index in [4.69, 9.17) is 9.47 Å². The number of benzene rings is 1. The average molecular weight is 273 g/mol. The summed E-state index contributed by atoms with van der Waals surface area (Å²) in [5.41, 5.74) is 2.38. The highest BCUT2D eigenvalue weighted by Gasteiger charge is 2.36. The predicted molar refractivity (Wildman–Crippen MR) is 74.0 cm³/mol. The normalized spacial score (nSPS) is 17.7. The van der Waals surface area contributed by atoms with Gasteiger partial charge in [-0.25, -0.2) is 4.98 Å². The van der Waals surface area contributed by atoms with E-state index in [0.29, 0.717) is 11.7 Å². The Morgan fingerprint density at radius 2 is 2.00 bits per heavy atom. The van der Waals surface area contributed by atoms with Crippen LogP contribution in [0.5, 0.6) is 5.88 Å². The van der Waals surface area contributed by atoms with E-state index in [1.165, 1.54) is 7.11 Å². The van der Waals surface area contributed by atoms with Crippen LogP contribution in [0, 0.1) is 6.92 Å². The van der Waals surface area contributed by atoms with Gasteiger partial charge < -0.3 is 14.4 Å². The summed E-state index contributed by atoms with van der Waals surface area (Å²) in [4.78, 5) is 22.4. The molecule has 3 rings (SSSR count). The van der Waals surface area contributed by atoms with Crippen molar-refractivity contribution in [2.45, 2.75) is 13.0 Å². The lowest BCUT2D eigenvalue weighted by molar-refractivity contribution is -0.127. The van der Waals surface area contributed by atoms with Crippen LogP contribution in [-0.2, 0) is 9.53 Å². The molecular weight excluding hydrogens is 258 g/mol. The molecule has 1 atom stereocenters. The summed E-state index contributed by atoms with van der Waals surface area (Å²) in [6.45, 7) is 1.81. The molecule has 6 heteroatoms. The summed E-state index contributed by atoms with van der Waals surface area (Å²) in [5.74, 6) is 1.06. The van der Waals surface area contributed by atoms with Gasteiger partial charge in [0.05, 0.1) is 23.7 Å². The first-order chi connectivity index (χ1) is 9.56. The Morgan fingerprint density at radius 1 is 1.25 bits per heavy atom. The summed E-state index contributed by atoms with van der Waals surface area (Å²) in [6.07, 6.45) is -0.569.